The lowest BCUT2D eigenvalue weighted by Gasteiger charge is -2.08. The van der Waals surface area contributed by atoms with E-state index in [2.05, 4.69) is 0 Å². The van der Waals surface area contributed by atoms with Gasteiger partial charge in [-0.3, -0.25) is 0 Å². The van der Waals surface area contributed by atoms with E-state index in [4.69, 9.17) is 19.9 Å². The van der Waals surface area contributed by atoms with Crippen LogP contribution in [0.25, 0.3) is 0 Å². The van der Waals surface area contributed by atoms with Crippen LogP contribution in [0.1, 0.15) is 16.8 Å². The molecule has 112 valence electrons. The summed E-state index contributed by atoms with van der Waals surface area (Å²) in [5.74, 6) is -2.77. The molecular formula is C13H17F2NO4. The fourth-order valence-electron chi connectivity index (χ4n) is 1.44. The zero-order valence-corrected chi connectivity index (χ0v) is 11.2. The minimum atomic E-state index is -0.989. The monoisotopic (exact) mass is 289 g/mol. The van der Waals surface area contributed by atoms with Crippen LogP contribution in [0.4, 0.5) is 14.5 Å². The van der Waals surface area contributed by atoms with Crippen molar-refractivity contribution >= 4 is 11.7 Å². The van der Waals surface area contributed by atoms with Gasteiger partial charge in [0.05, 0.1) is 12.3 Å². The molecule has 0 aliphatic heterocycles. The Kier molecular flexibility index (Phi) is 6.89. The highest BCUT2D eigenvalue weighted by Crippen LogP contribution is 2.18. The number of hydrogen-bond donors (Lipinski definition) is 1. The summed E-state index contributed by atoms with van der Waals surface area (Å²) in [5.41, 5.74) is 4.26. The van der Waals surface area contributed by atoms with Crippen molar-refractivity contribution in [3.05, 3.63) is 29.3 Å². The van der Waals surface area contributed by atoms with Crippen molar-refractivity contribution in [1.29, 1.82) is 0 Å². The van der Waals surface area contributed by atoms with E-state index in [-0.39, 0.29) is 13.2 Å². The molecule has 0 atom stereocenters. The van der Waals surface area contributed by atoms with Crippen LogP contribution in [-0.4, -0.2) is 39.5 Å². The van der Waals surface area contributed by atoms with Gasteiger partial charge < -0.3 is 19.9 Å². The molecule has 0 aliphatic rings. The molecule has 0 fully saturated rings. The molecule has 0 aromatic heterocycles. The highest BCUT2D eigenvalue weighted by atomic mass is 19.1. The van der Waals surface area contributed by atoms with Crippen LogP contribution in [0, 0.1) is 11.6 Å². The predicted molar refractivity (Wildman–Crippen MR) is 68.4 cm³/mol. The van der Waals surface area contributed by atoms with E-state index < -0.39 is 28.9 Å². The molecule has 1 aromatic rings. The molecule has 0 amide bonds. The zero-order chi connectivity index (χ0) is 15.0. The maximum atomic E-state index is 13.5. The maximum Gasteiger partial charge on any atom is 0.341 e. The van der Waals surface area contributed by atoms with Gasteiger partial charge in [-0.25, -0.2) is 13.6 Å². The number of hydrogen-bond acceptors (Lipinski definition) is 5. The molecule has 5 nitrogen and oxygen atoms in total. The Morgan fingerprint density at radius 3 is 2.65 bits per heavy atom. The van der Waals surface area contributed by atoms with Crippen molar-refractivity contribution in [2.24, 2.45) is 0 Å². The predicted octanol–water partition coefficient (Wildman–Crippen LogP) is 1.76. The fraction of sp³-hybridized carbons (Fsp3) is 0.462. The summed E-state index contributed by atoms with van der Waals surface area (Å²) in [5, 5.41) is 0. The Labute approximate surface area is 115 Å². The smallest absolute Gasteiger partial charge is 0.341 e. The number of halogens is 2. The highest BCUT2D eigenvalue weighted by Gasteiger charge is 2.17. The topological polar surface area (TPSA) is 70.8 Å². The summed E-state index contributed by atoms with van der Waals surface area (Å²) < 4.78 is 41.3. The lowest BCUT2D eigenvalue weighted by Crippen LogP contribution is -2.14. The number of carbonyl (C=O) groups is 1. The van der Waals surface area contributed by atoms with E-state index in [1.165, 1.54) is 0 Å². The summed E-state index contributed by atoms with van der Waals surface area (Å²) in [7, 11) is 1.58. The van der Waals surface area contributed by atoms with Gasteiger partial charge in [0.15, 0.2) is 5.82 Å². The second-order valence-electron chi connectivity index (χ2n) is 3.95. The van der Waals surface area contributed by atoms with Gasteiger partial charge in [0, 0.05) is 20.3 Å². The first kappa shape index (κ1) is 16.3. The number of rotatable bonds is 8. The molecule has 0 saturated carbocycles. The molecule has 1 aromatic carbocycles. The van der Waals surface area contributed by atoms with Crippen LogP contribution >= 0.6 is 0 Å². The molecule has 0 bridgehead atoms. The Balaban J connectivity index is 2.36. The highest BCUT2D eigenvalue weighted by molar-refractivity contribution is 5.90. The van der Waals surface area contributed by atoms with Crippen molar-refractivity contribution in [3.8, 4) is 0 Å². The zero-order valence-electron chi connectivity index (χ0n) is 11.2. The standard InChI is InChI=1S/C13H17F2NO4/c1-18-3-2-4-19-5-6-20-13(17)10-7-9(14)8-11(16)12(10)15/h7-8H,2-6,16H2,1H3. The van der Waals surface area contributed by atoms with E-state index in [0.717, 1.165) is 18.6 Å². The van der Waals surface area contributed by atoms with Gasteiger partial charge in [0.25, 0.3) is 0 Å². The first-order chi connectivity index (χ1) is 9.56. The van der Waals surface area contributed by atoms with Crippen LogP contribution in [0.5, 0.6) is 0 Å². The SMILES string of the molecule is COCCCOCCOC(=O)c1cc(F)cc(N)c1F. The molecule has 1 rings (SSSR count). The first-order valence-corrected chi connectivity index (χ1v) is 6.04. The van der Waals surface area contributed by atoms with Gasteiger partial charge in [-0.15, -0.1) is 0 Å². The Bertz CT molecular complexity index is 454. The maximum absolute atomic E-state index is 13.5. The van der Waals surface area contributed by atoms with Crippen molar-refractivity contribution in [1.82, 2.24) is 0 Å². The molecule has 20 heavy (non-hydrogen) atoms. The van der Waals surface area contributed by atoms with Gasteiger partial charge in [-0.05, 0) is 18.6 Å². The molecular weight excluding hydrogens is 272 g/mol. The van der Waals surface area contributed by atoms with Gasteiger partial charge in [0.1, 0.15) is 18.0 Å². The number of methoxy groups -OCH3 is 1. The number of esters is 1. The molecule has 0 aliphatic carbocycles. The summed E-state index contributed by atoms with van der Waals surface area (Å²) in [6.07, 6.45) is 0.722. The number of ether oxygens (including phenoxy) is 3. The largest absolute Gasteiger partial charge is 0.460 e. The van der Waals surface area contributed by atoms with E-state index in [0.29, 0.717) is 13.2 Å². The van der Waals surface area contributed by atoms with Crippen LogP contribution in [-0.2, 0) is 14.2 Å². The Hall–Kier alpha value is -1.73. The molecule has 7 heteroatoms. The number of benzene rings is 1. The molecule has 0 unspecified atom stereocenters. The van der Waals surface area contributed by atoms with Crippen molar-refractivity contribution in [3.63, 3.8) is 0 Å². The second-order valence-corrected chi connectivity index (χ2v) is 3.95. The average molecular weight is 289 g/mol. The second kappa shape index (κ2) is 8.44. The third kappa shape index (κ3) is 5.10. The number of nitrogen functional groups attached to an aromatic ring is 1. The van der Waals surface area contributed by atoms with E-state index in [1.807, 2.05) is 0 Å². The molecule has 0 saturated heterocycles. The van der Waals surface area contributed by atoms with Gasteiger partial charge in [0.2, 0.25) is 0 Å². The van der Waals surface area contributed by atoms with E-state index in [9.17, 15) is 13.6 Å². The van der Waals surface area contributed by atoms with Crippen molar-refractivity contribution < 1.29 is 27.8 Å². The quantitative estimate of drug-likeness (QED) is 0.448. The van der Waals surface area contributed by atoms with Crippen LogP contribution in [0.15, 0.2) is 12.1 Å². The normalized spacial score (nSPS) is 10.6. The molecule has 2 N–H and O–H groups in total. The average Bonchev–Trinajstić information content (AvgIpc) is 2.41. The van der Waals surface area contributed by atoms with E-state index >= 15 is 0 Å². The van der Waals surface area contributed by atoms with Crippen molar-refractivity contribution in [2.75, 3.05) is 39.3 Å². The number of anilines is 1. The lowest BCUT2D eigenvalue weighted by atomic mass is 10.2. The minimum absolute atomic E-state index is 0.0539. The van der Waals surface area contributed by atoms with Crippen molar-refractivity contribution in [2.45, 2.75) is 6.42 Å². The Morgan fingerprint density at radius 1 is 1.20 bits per heavy atom. The first-order valence-electron chi connectivity index (χ1n) is 6.04. The van der Waals surface area contributed by atoms with Crippen LogP contribution < -0.4 is 5.73 Å². The lowest BCUT2D eigenvalue weighted by molar-refractivity contribution is 0.0283. The van der Waals surface area contributed by atoms with Gasteiger partial charge in [-0.2, -0.15) is 0 Å². The molecule has 0 radical (unpaired) electrons. The molecule has 0 spiro atoms. The summed E-state index contributed by atoms with van der Waals surface area (Å²) >= 11 is 0. The van der Waals surface area contributed by atoms with E-state index in [1.54, 1.807) is 7.11 Å². The van der Waals surface area contributed by atoms with Gasteiger partial charge >= 0.3 is 5.97 Å². The number of nitrogens with two attached hydrogens (primary N) is 1. The summed E-state index contributed by atoms with van der Waals surface area (Å²) in [4.78, 5) is 11.5. The van der Waals surface area contributed by atoms with Crippen LogP contribution in [0.3, 0.4) is 0 Å². The summed E-state index contributed by atoms with van der Waals surface area (Å²) in [6.45, 7) is 1.16. The molecule has 0 heterocycles. The third-order valence-electron chi connectivity index (χ3n) is 2.38. The van der Waals surface area contributed by atoms with Gasteiger partial charge in [-0.1, -0.05) is 0 Å². The van der Waals surface area contributed by atoms with Crippen LogP contribution in [0.2, 0.25) is 0 Å². The number of carbonyl (C=O) groups excluding carboxylic acids is 1. The fourth-order valence-corrected chi connectivity index (χ4v) is 1.44. The minimum Gasteiger partial charge on any atom is -0.460 e. The Morgan fingerprint density at radius 2 is 1.95 bits per heavy atom. The summed E-state index contributed by atoms with van der Waals surface area (Å²) in [6, 6.07) is 1.54. The third-order valence-corrected chi connectivity index (χ3v) is 2.38.